The molecule has 0 aliphatic heterocycles. The molecule has 0 rings (SSSR count). The lowest BCUT2D eigenvalue weighted by Crippen LogP contribution is -2.08. The van der Waals surface area contributed by atoms with Crippen molar-refractivity contribution >= 4 is 11.8 Å². The van der Waals surface area contributed by atoms with Gasteiger partial charge in [0.05, 0.1) is 0 Å². The van der Waals surface area contributed by atoms with E-state index in [1.165, 1.54) is 22.5 Å². The first-order chi connectivity index (χ1) is 9.33. The molecule has 0 aromatic carbocycles. The largest absolute Gasteiger partial charge is 0.0978 e. The van der Waals surface area contributed by atoms with E-state index < -0.39 is 0 Å². The van der Waals surface area contributed by atoms with E-state index in [0.717, 1.165) is 12.0 Å². The SMILES string of the molecule is C=C(C)C=C(SC=C(C)C(CC)C(C)C)C(C)=CCC. The highest BCUT2D eigenvalue weighted by molar-refractivity contribution is 8.06. The van der Waals surface area contributed by atoms with E-state index in [-0.39, 0.29) is 0 Å². The highest BCUT2D eigenvalue weighted by Gasteiger charge is 2.13. The first-order valence-electron chi connectivity index (χ1n) is 7.71. The average molecular weight is 293 g/mol. The maximum atomic E-state index is 4.01. The van der Waals surface area contributed by atoms with Crippen LogP contribution in [0.2, 0.25) is 0 Å². The molecule has 0 N–H and O–H groups in total. The summed E-state index contributed by atoms with van der Waals surface area (Å²) in [7, 11) is 0. The number of hydrogen-bond acceptors (Lipinski definition) is 1. The first-order valence-corrected chi connectivity index (χ1v) is 8.59. The van der Waals surface area contributed by atoms with Crippen molar-refractivity contribution < 1.29 is 0 Å². The van der Waals surface area contributed by atoms with Crippen LogP contribution in [0.3, 0.4) is 0 Å². The maximum Gasteiger partial charge on any atom is 0.0144 e. The molecule has 0 saturated heterocycles. The predicted molar refractivity (Wildman–Crippen MR) is 96.9 cm³/mol. The third-order valence-electron chi connectivity index (χ3n) is 3.48. The molecule has 0 heterocycles. The molecule has 0 bridgehead atoms. The lowest BCUT2D eigenvalue weighted by atomic mass is 9.88. The minimum Gasteiger partial charge on any atom is -0.0978 e. The average Bonchev–Trinajstić information content (AvgIpc) is 2.34. The van der Waals surface area contributed by atoms with Gasteiger partial charge in [-0.05, 0) is 62.5 Å². The van der Waals surface area contributed by atoms with Crippen LogP contribution in [0, 0.1) is 11.8 Å². The molecule has 0 amide bonds. The van der Waals surface area contributed by atoms with E-state index in [0.29, 0.717) is 11.8 Å². The molecule has 1 heteroatoms. The smallest absolute Gasteiger partial charge is 0.0144 e. The van der Waals surface area contributed by atoms with Crippen molar-refractivity contribution in [3.8, 4) is 0 Å². The highest BCUT2D eigenvalue weighted by Crippen LogP contribution is 2.31. The van der Waals surface area contributed by atoms with Gasteiger partial charge in [-0.2, -0.15) is 0 Å². The van der Waals surface area contributed by atoms with Crippen molar-refractivity contribution in [1.82, 2.24) is 0 Å². The van der Waals surface area contributed by atoms with Crippen molar-refractivity contribution in [2.45, 2.75) is 61.3 Å². The van der Waals surface area contributed by atoms with Crippen LogP contribution in [-0.2, 0) is 0 Å². The van der Waals surface area contributed by atoms with E-state index in [4.69, 9.17) is 0 Å². The second kappa shape index (κ2) is 10.1. The fourth-order valence-electron chi connectivity index (χ4n) is 2.43. The predicted octanol–water partition coefficient (Wildman–Crippen LogP) is 7.12. The van der Waals surface area contributed by atoms with Gasteiger partial charge in [-0.1, -0.05) is 63.3 Å². The molecule has 114 valence electrons. The van der Waals surface area contributed by atoms with Gasteiger partial charge in [-0.25, -0.2) is 0 Å². The van der Waals surface area contributed by atoms with Gasteiger partial charge in [0, 0.05) is 4.91 Å². The number of thioether (sulfide) groups is 1. The minimum atomic E-state index is 0.684. The zero-order chi connectivity index (χ0) is 15.7. The van der Waals surface area contributed by atoms with Crippen LogP contribution in [0.1, 0.15) is 61.3 Å². The van der Waals surface area contributed by atoms with Crippen LogP contribution in [0.5, 0.6) is 0 Å². The van der Waals surface area contributed by atoms with Gasteiger partial charge in [0.25, 0.3) is 0 Å². The number of rotatable bonds is 8. The molecule has 0 fully saturated rings. The van der Waals surface area contributed by atoms with Crippen LogP contribution < -0.4 is 0 Å². The van der Waals surface area contributed by atoms with Gasteiger partial charge >= 0.3 is 0 Å². The standard InChI is InChI=1S/C19H32S/c1-9-11-16(7)19(12-14(3)4)20-13-17(8)18(10-2)15(5)6/h11-13,15,18H,3,9-10H2,1-2,4-8H3. The Hall–Kier alpha value is -0.690. The molecule has 0 aliphatic carbocycles. The fraction of sp³-hybridized carbons (Fsp3) is 0.579. The van der Waals surface area contributed by atoms with Crippen LogP contribution in [0.4, 0.5) is 0 Å². The fourth-order valence-corrected chi connectivity index (χ4v) is 3.46. The highest BCUT2D eigenvalue weighted by atomic mass is 32.2. The Labute approximate surface area is 131 Å². The Morgan fingerprint density at radius 3 is 2.15 bits per heavy atom. The van der Waals surface area contributed by atoms with E-state index in [1.54, 1.807) is 0 Å². The summed E-state index contributed by atoms with van der Waals surface area (Å²) >= 11 is 1.84. The molecule has 1 atom stereocenters. The summed E-state index contributed by atoms with van der Waals surface area (Å²) in [5.41, 5.74) is 3.95. The molecule has 0 saturated carbocycles. The van der Waals surface area contributed by atoms with Gasteiger partial charge in [0.2, 0.25) is 0 Å². The second-order valence-corrected chi connectivity index (χ2v) is 6.80. The van der Waals surface area contributed by atoms with Crippen molar-refractivity contribution in [2.75, 3.05) is 0 Å². The molecule has 1 unspecified atom stereocenters. The van der Waals surface area contributed by atoms with Crippen molar-refractivity contribution in [3.63, 3.8) is 0 Å². The summed E-state index contributed by atoms with van der Waals surface area (Å²) in [6.45, 7) is 19.6. The molecule has 0 aromatic heterocycles. The number of hydrogen-bond donors (Lipinski definition) is 0. The van der Waals surface area contributed by atoms with Gasteiger partial charge in [-0.3, -0.25) is 0 Å². The zero-order valence-corrected chi connectivity index (χ0v) is 15.2. The van der Waals surface area contributed by atoms with Gasteiger partial charge < -0.3 is 0 Å². The van der Waals surface area contributed by atoms with Crippen LogP contribution in [-0.4, -0.2) is 0 Å². The second-order valence-electron chi connectivity index (χ2n) is 5.89. The van der Waals surface area contributed by atoms with Crippen molar-refractivity contribution in [3.05, 3.63) is 45.8 Å². The normalized spacial score (nSPS) is 15.7. The summed E-state index contributed by atoms with van der Waals surface area (Å²) in [5, 5.41) is 2.33. The van der Waals surface area contributed by atoms with Crippen LogP contribution in [0.25, 0.3) is 0 Å². The van der Waals surface area contributed by atoms with Crippen molar-refractivity contribution in [2.24, 2.45) is 11.8 Å². The molecule has 0 radical (unpaired) electrons. The van der Waals surface area contributed by atoms with Crippen molar-refractivity contribution in [1.29, 1.82) is 0 Å². The molecule has 0 nitrogen and oxygen atoms in total. The van der Waals surface area contributed by atoms with E-state index in [9.17, 15) is 0 Å². The molecule has 0 aromatic rings. The third kappa shape index (κ3) is 7.19. The summed E-state index contributed by atoms with van der Waals surface area (Å²) in [6.07, 6.45) is 6.76. The summed E-state index contributed by atoms with van der Waals surface area (Å²) in [5.74, 6) is 1.39. The van der Waals surface area contributed by atoms with E-state index in [2.05, 4.69) is 72.6 Å². The lowest BCUT2D eigenvalue weighted by molar-refractivity contribution is 0.431. The Kier molecular flexibility index (Phi) is 9.75. The minimum absolute atomic E-state index is 0.684. The lowest BCUT2D eigenvalue weighted by Gasteiger charge is -2.20. The molecular formula is C19H32S. The maximum absolute atomic E-state index is 4.01. The molecular weight excluding hydrogens is 260 g/mol. The van der Waals surface area contributed by atoms with E-state index >= 15 is 0 Å². The topological polar surface area (TPSA) is 0 Å². The van der Waals surface area contributed by atoms with Crippen LogP contribution >= 0.6 is 11.8 Å². The monoisotopic (exact) mass is 292 g/mol. The Balaban J connectivity index is 5.11. The summed E-state index contributed by atoms with van der Waals surface area (Å²) in [6, 6.07) is 0. The summed E-state index contributed by atoms with van der Waals surface area (Å²) < 4.78 is 0. The Morgan fingerprint density at radius 1 is 1.15 bits per heavy atom. The zero-order valence-electron chi connectivity index (χ0n) is 14.4. The first kappa shape index (κ1) is 19.3. The van der Waals surface area contributed by atoms with Crippen LogP contribution in [0.15, 0.2) is 45.8 Å². The summed E-state index contributed by atoms with van der Waals surface area (Å²) in [4.78, 5) is 1.32. The molecule has 20 heavy (non-hydrogen) atoms. The Bertz CT molecular complexity index is 394. The Morgan fingerprint density at radius 2 is 1.75 bits per heavy atom. The van der Waals surface area contributed by atoms with E-state index in [1.807, 2.05) is 11.8 Å². The quantitative estimate of drug-likeness (QED) is 0.429. The third-order valence-corrected chi connectivity index (χ3v) is 4.66. The molecule has 0 spiro atoms. The van der Waals surface area contributed by atoms with Gasteiger partial charge in [-0.15, -0.1) is 0 Å². The number of allylic oxidation sites excluding steroid dienone is 5. The van der Waals surface area contributed by atoms with Gasteiger partial charge in [0.15, 0.2) is 0 Å². The molecule has 0 aliphatic rings. The van der Waals surface area contributed by atoms with Gasteiger partial charge in [0.1, 0.15) is 0 Å².